The third-order valence-corrected chi connectivity index (χ3v) is 5.89. The molecule has 4 aromatic rings. The van der Waals surface area contributed by atoms with Gasteiger partial charge >= 0.3 is 6.18 Å². The number of H-pyrrole nitrogens is 1. The average Bonchev–Trinajstić information content (AvgIpc) is 3.24. The molecule has 0 saturated carbocycles. The Morgan fingerprint density at radius 3 is 2.24 bits per heavy atom. The third kappa shape index (κ3) is 5.58. The zero-order valence-corrected chi connectivity index (χ0v) is 18.6. The summed E-state index contributed by atoms with van der Waals surface area (Å²) in [4.78, 5) is 20.3. The second-order valence-corrected chi connectivity index (χ2v) is 8.40. The van der Waals surface area contributed by atoms with Crippen molar-refractivity contribution in [2.75, 3.05) is 11.1 Å². The van der Waals surface area contributed by atoms with Gasteiger partial charge in [0.15, 0.2) is 5.16 Å². The molecule has 0 saturated heterocycles. The lowest BCUT2D eigenvalue weighted by Gasteiger charge is -2.11. The van der Waals surface area contributed by atoms with Crippen LogP contribution in [0.25, 0.3) is 22.5 Å². The summed E-state index contributed by atoms with van der Waals surface area (Å²) >= 11 is 6.79. The van der Waals surface area contributed by atoms with Crippen molar-refractivity contribution >= 4 is 35.0 Å². The molecule has 0 unspecified atom stereocenters. The second-order valence-electron chi connectivity index (χ2n) is 7.03. The number of amides is 1. The largest absolute Gasteiger partial charge is 0.417 e. The van der Waals surface area contributed by atoms with E-state index in [0.29, 0.717) is 5.16 Å². The molecule has 0 fully saturated rings. The number of imidazole rings is 1. The highest BCUT2D eigenvalue weighted by Gasteiger charge is 2.33. The molecular formula is C24H17ClF3N3OS. The Hall–Kier alpha value is -3.23. The van der Waals surface area contributed by atoms with Crippen LogP contribution in [-0.4, -0.2) is 21.6 Å². The number of alkyl halides is 3. The number of hydrogen-bond donors (Lipinski definition) is 2. The maximum atomic E-state index is 13.0. The molecule has 2 N–H and O–H groups in total. The fourth-order valence-corrected chi connectivity index (χ4v) is 4.08. The van der Waals surface area contributed by atoms with E-state index < -0.39 is 22.7 Å². The lowest BCUT2D eigenvalue weighted by molar-refractivity contribution is -0.137. The van der Waals surface area contributed by atoms with E-state index in [1.807, 2.05) is 60.7 Å². The molecule has 0 aliphatic carbocycles. The first-order chi connectivity index (χ1) is 15.8. The minimum absolute atomic E-state index is 0.0201. The summed E-state index contributed by atoms with van der Waals surface area (Å²) in [5.74, 6) is -0.505. The number of carbonyl (C=O) groups is 1. The van der Waals surface area contributed by atoms with E-state index in [1.165, 1.54) is 6.07 Å². The van der Waals surface area contributed by atoms with Crippen LogP contribution in [0.1, 0.15) is 5.56 Å². The highest BCUT2D eigenvalue weighted by molar-refractivity contribution is 7.99. The van der Waals surface area contributed by atoms with E-state index >= 15 is 0 Å². The SMILES string of the molecule is O=C(CSc1nc(-c2ccccc2)c(-c2ccccc2)[nH]1)Nc1ccc(Cl)c(C(F)(F)F)c1. The summed E-state index contributed by atoms with van der Waals surface area (Å²) in [5, 5.41) is 2.58. The van der Waals surface area contributed by atoms with E-state index in [-0.39, 0.29) is 11.4 Å². The summed E-state index contributed by atoms with van der Waals surface area (Å²) in [7, 11) is 0. The molecule has 9 heteroatoms. The van der Waals surface area contributed by atoms with E-state index in [4.69, 9.17) is 11.6 Å². The maximum absolute atomic E-state index is 13.0. The number of nitrogens with one attached hydrogen (secondary N) is 2. The Morgan fingerprint density at radius 1 is 0.970 bits per heavy atom. The van der Waals surface area contributed by atoms with Crippen LogP contribution in [0.4, 0.5) is 18.9 Å². The smallest absolute Gasteiger partial charge is 0.332 e. The number of hydrogen-bond acceptors (Lipinski definition) is 3. The Kier molecular flexibility index (Phi) is 6.76. The van der Waals surface area contributed by atoms with E-state index in [9.17, 15) is 18.0 Å². The van der Waals surface area contributed by atoms with Gasteiger partial charge in [-0.1, -0.05) is 84.0 Å². The number of thioether (sulfide) groups is 1. The first-order valence-corrected chi connectivity index (χ1v) is 11.2. The van der Waals surface area contributed by atoms with Gasteiger partial charge in [-0.25, -0.2) is 4.98 Å². The van der Waals surface area contributed by atoms with Crippen LogP contribution in [0.2, 0.25) is 5.02 Å². The van der Waals surface area contributed by atoms with Crippen molar-refractivity contribution in [3.8, 4) is 22.5 Å². The van der Waals surface area contributed by atoms with Gasteiger partial charge in [-0.2, -0.15) is 13.2 Å². The second kappa shape index (κ2) is 9.72. The molecule has 33 heavy (non-hydrogen) atoms. The van der Waals surface area contributed by atoms with Gasteiger partial charge in [0, 0.05) is 16.8 Å². The Bertz CT molecular complexity index is 1200. The van der Waals surface area contributed by atoms with Crippen LogP contribution in [0.5, 0.6) is 0 Å². The number of rotatable bonds is 6. The highest BCUT2D eigenvalue weighted by atomic mass is 35.5. The Labute approximate surface area is 197 Å². The minimum Gasteiger partial charge on any atom is -0.332 e. The highest BCUT2D eigenvalue weighted by Crippen LogP contribution is 2.36. The molecule has 0 radical (unpaired) electrons. The quantitative estimate of drug-likeness (QED) is 0.284. The van der Waals surface area contributed by atoms with Gasteiger partial charge in [-0.05, 0) is 18.2 Å². The summed E-state index contributed by atoms with van der Waals surface area (Å²) in [5.41, 5.74) is 2.45. The number of benzene rings is 3. The van der Waals surface area contributed by atoms with E-state index in [0.717, 1.165) is 46.4 Å². The molecule has 4 rings (SSSR count). The monoisotopic (exact) mass is 487 g/mol. The fraction of sp³-hybridized carbons (Fsp3) is 0.0833. The summed E-state index contributed by atoms with van der Waals surface area (Å²) in [6, 6.07) is 22.6. The average molecular weight is 488 g/mol. The number of aromatic amines is 1. The van der Waals surface area contributed by atoms with Gasteiger partial charge in [0.25, 0.3) is 0 Å². The van der Waals surface area contributed by atoms with E-state index in [1.54, 1.807) is 0 Å². The van der Waals surface area contributed by atoms with Crippen LogP contribution in [0.3, 0.4) is 0 Å². The Morgan fingerprint density at radius 2 is 1.61 bits per heavy atom. The first-order valence-electron chi connectivity index (χ1n) is 9.81. The van der Waals surface area contributed by atoms with Crippen molar-refractivity contribution in [3.05, 3.63) is 89.4 Å². The summed E-state index contributed by atoms with van der Waals surface area (Å²) in [6.45, 7) is 0. The molecule has 1 aromatic heterocycles. The minimum atomic E-state index is -4.61. The molecule has 0 aliphatic rings. The van der Waals surface area contributed by atoms with Gasteiger partial charge in [0.05, 0.1) is 27.7 Å². The van der Waals surface area contributed by atoms with E-state index in [2.05, 4.69) is 15.3 Å². The predicted molar refractivity (Wildman–Crippen MR) is 125 cm³/mol. The normalized spacial score (nSPS) is 11.4. The third-order valence-electron chi connectivity index (χ3n) is 4.69. The molecule has 1 heterocycles. The van der Waals surface area contributed by atoms with Gasteiger partial charge in [-0.15, -0.1) is 0 Å². The van der Waals surface area contributed by atoms with Crippen molar-refractivity contribution in [1.82, 2.24) is 9.97 Å². The van der Waals surface area contributed by atoms with Gasteiger partial charge in [0.1, 0.15) is 0 Å². The van der Waals surface area contributed by atoms with Crippen molar-refractivity contribution in [2.45, 2.75) is 11.3 Å². The van der Waals surface area contributed by atoms with Crippen LogP contribution < -0.4 is 5.32 Å². The lowest BCUT2D eigenvalue weighted by atomic mass is 10.1. The molecule has 1 amide bonds. The molecule has 3 aromatic carbocycles. The van der Waals surface area contributed by atoms with Gasteiger partial charge < -0.3 is 10.3 Å². The molecule has 0 atom stereocenters. The van der Waals surface area contributed by atoms with Crippen molar-refractivity contribution in [1.29, 1.82) is 0 Å². The zero-order valence-electron chi connectivity index (χ0n) is 17.0. The molecule has 0 spiro atoms. The lowest BCUT2D eigenvalue weighted by Crippen LogP contribution is -2.15. The van der Waals surface area contributed by atoms with Crippen LogP contribution in [0.15, 0.2) is 84.0 Å². The molecule has 0 bridgehead atoms. The van der Waals surface area contributed by atoms with Gasteiger partial charge in [-0.3, -0.25) is 4.79 Å². The first kappa shape index (κ1) is 22.9. The number of aromatic nitrogens is 2. The number of anilines is 1. The summed E-state index contributed by atoms with van der Waals surface area (Å²) < 4.78 is 39.1. The molecule has 4 nitrogen and oxygen atoms in total. The van der Waals surface area contributed by atoms with Crippen molar-refractivity contribution in [2.24, 2.45) is 0 Å². The van der Waals surface area contributed by atoms with Crippen LogP contribution >= 0.6 is 23.4 Å². The number of carbonyl (C=O) groups excluding carboxylic acids is 1. The fourth-order valence-electron chi connectivity index (χ4n) is 3.19. The van der Waals surface area contributed by atoms with Crippen LogP contribution in [0, 0.1) is 0 Å². The molecule has 0 aliphatic heterocycles. The standard InChI is InChI=1S/C24H17ClF3N3OS/c25-19-12-11-17(13-18(19)24(26,27)28)29-20(32)14-33-23-30-21(15-7-3-1-4-8-15)22(31-23)16-9-5-2-6-10-16/h1-13H,14H2,(H,29,32)(H,30,31). The number of halogens is 4. The number of nitrogens with zero attached hydrogens (tertiary/aromatic N) is 1. The predicted octanol–water partition coefficient (Wildman–Crippen LogP) is 7.15. The maximum Gasteiger partial charge on any atom is 0.417 e. The summed E-state index contributed by atoms with van der Waals surface area (Å²) in [6.07, 6.45) is -4.61. The van der Waals surface area contributed by atoms with Crippen LogP contribution in [-0.2, 0) is 11.0 Å². The van der Waals surface area contributed by atoms with Crippen molar-refractivity contribution < 1.29 is 18.0 Å². The molecule has 168 valence electrons. The Balaban J connectivity index is 1.51. The molecular weight excluding hydrogens is 471 g/mol. The van der Waals surface area contributed by atoms with Gasteiger partial charge in [0.2, 0.25) is 5.91 Å². The van der Waals surface area contributed by atoms with Crippen molar-refractivity contribution in [3.63, 3.8) is 0 Å². The topological polar surface area (TPSA) is 57.8 Å². The zero-order chi connectivity index (χ0) is 23.4.